The smallest absolute Gasteiger partial charge is 0.408 e. The predicted molar refractivity (Wildman–Crippen MR) is 91.9 cm³/mol. The average molecular weight is 375 g/mol. The number of hydrogen-bond donors (Lipinski definition) is 3. The van der Waals surface area contributed by atoms with E-state index in [0.717, 1.165) is 0 Å². The zero-order valence-electron chi connectivity index (χ0n) is 16.3. The van der Waals surface area contributed by atoms with E-state index in [0.29, 0.717) is 0 Å². The summed E-state index contributed by atoms with van der Waals surface area (Å²) in [6, 6.07) is -1.25. The van der Waals surface area contributed by atoms with Crippen molar-refractivity contribution in [2.45, 2.75) is 72.1 Å². The lowest BCUT2D eigenvalue weighted by atomic mass is 10.2. The predicted octanol–water partition coefficient (Wildman–Crippen LogP) is 1.39. The minimum Gasteiger partial charge on any atom is -0.444 e. The SMILES string of the molecule is CCC(=O)ONC(=O)[C@H](CNC(=O)OC(C)(C)C)NC(=O)OC(C)(C)C. The molecule has 0 aliphatic heterocycles. The number of amides is 3. The second-order valence-electron chi connectivity index (χ2n) is 7.38. The highest BCUT2D eigenvalue weighted by Crippen LogP contribution is 2.07. The molecule has 0 radical (unpaired) electrons. The number of hydrogen-bond acceptors (Lipinski definition) is 7. The monoisotopic (exact) mass is 375 g/mol. The van der Waals surface area contributed by atoms with Crippen LogP contribution in [-0.4, -0.2) is 47.9 Å². The summed E-state index contributed by atoms with van der Waals surface area (Å²) in [5.74, 6) is -1.50. The van der Waals surface area contributed by atoms with Crippen molar-refractivity contribution < 1.29 is 33.5 Å². The molecule has 3 amide bonds. The van der Waals surface area contributed by atoms with Gasteiger partial charge in [0.1, 0.15) is 17.2 Å². The summed E-state index contributed by atoms with van der Waals surface area (Å²) in [4.78, 5) is 51.4. The lowest BCUT2D eigenvalue weighted by molar-refractivity contribution is -0.158. The molecule has 3 N–H and O–H groups in total. The Morgan fingerprint density at radius 3 is 1.85 bits per heavy atom. The fourth-order valence-corrected chi connectivity index (χ4v) is 1.41. The minimum atomic E-state index is -1.25. The molecule has 0 fully saturated rings. The summed E-state index contributed by atoms with van der Waals surface area (Å²) in [6.45, 7) is 11.3. The van der Waals surface area contributed by atoms with Crippen molar-refractivity contribution in [1.29, 1.82) is 0 Å². The normalized spacial score (nSPS) is 12.4. The molecule has 0 aromatic heterocycles. The van der Waals surface area contributed by atoms with Crippen LogP contribution < -0.4 is 16.1 Å². The van der Waals surface area contributed by atoms with Gasteiger partial charge in [0.2, 0.25) is 0 Å². The molecule has 0 bridgehead atoms. The molecule has 0 heterocycles. The third-order valence-electron chi connectivity index (χ3n) is 2.41. The fraction of sp³-hybridized carbons (Fsp3) is 0.750. The van der Waals surface area contributed by atoms with Crippen LogP contribution in [0.25, 0.3) is 0 Å². The Bertz CT molecular complexity index is 521. The molecule has 10 nitrogen and oxygen atoms in total. The Morgan fingerprint density at radius 2 is 1.38 bits per heavy atom. The molecule has 1 atom stereocenters. The van der Waals surface area contributed by atoms with Crippen LogP contribution in [0.1, 0.15) is 54.9 Å². The van der Waals surface area contributed by atoms with Gasteiger partial charge in [0.05, 0.1) is 6.54 Å². The Labute approximate surface area is 153 Å². The molecule has 150 valence electrons. The van der Waals surface area contributed by atoms with Crippen molar-refractivity contribution >= 4 is 24.1 Å². The first kappa shape index (κ1) is 23.5. The summed E-state index contributed by atoms with van der Waals surface area (Å²) in [7, 11) is 0. The summed E-state index contributed by atoms with van der Waals surface area (Å²) in [5, 5.41) is 4.66. The van der Waals surface area contributed by atoms with Gasteiger partial charge in [-0.2, -0.15) is 5.48 Å². The second kappa shape index (κ2) is 9.83. The van der Waals surface area contributed by atoms with Crippen LogP contribution in [0.5, 0.6) is 0 Å². The van der Waals surface area contributed by atoms with Crippen molar-refractivity contribution in [2.75, 3.05) is 6.54 Å². The molecule has 0 spiro atoms. The molecule has 0 aliphatic carbocycles. The Hall–Kier alpha value is -2.52. The van der Waals surface area contributed by atoms with E-state index >= 15 is 0 Å². The maximum atomic E-state index is 12.1. The number of hydroxylamine groups is 1. The molecule has 0 aliphatic rings. The third-order valence-corrected chi connectivity index (χ3v) is 2.41. The molecule has 0 unspecified atom stereocenters. The average Bonchev–Trinajstić information content (AvgIpc) is 2.44. The van der Waals surface area contributed by atoms with E-state index < -0.39 is 41.3 Å². The first-order valence-corrected chi connectivity index (χ1v) is 8.19. The van der Waals surface area contributed by atoms with Crippen molar-refractivity contribution in [3.63, 3.8) is 0 Å². The number of alkyl carbamates (subject to hydrolysis) is 2. The van der Waals surface area contributed by atoms with Gasteiger partial charge in [-0.15, -0.1) is 0 Å². The van der Waals surface area contributed by atoms with E-state index in [1.54, 1.807) is 48.5 Å². The van der Waals surface area contributed by atoms with Crippen molar-refractivity contribution in [3.8, 4) is 0 Å². The third kappa shape index (κ3) is 11.9. The quantitative estimate of drug-likeness (QED) is 0.488. The summed E-state index contributed by atoms with van der Waals surface area (Å²) < 4.78 is 10.1. The van der Waals surface area contributed by atoms with Gasteiger partial charge in [0, 0.05) is 6.42 Å². The van der Waals surface area contributed by atoms with E-state index in [9.17, 15) is 19.2 Å². The first-order valence-electron chi connectivity index (χ1n) is 8.19. The Balaban J connectivity index is 4.87. The maximum absolute atomic E-state index is 12.1. The zero-order valence-corrected chi connectivity index (χ0v) is 16.3. The number of carbonyl (C=O) groups is 4. The number of nitrogens with one attached hydrogen (secondary N) is 3. The molecule has 0 saturated heterocycles. The van der Waals surface area contributed by atoms with Gasteiger partial charge in [0.15, 0.2) is 0 Å². The van der Waals surface area contributed by atoms with Crippen LogP contribution >= 0.6 is 0 Å². The highest BCUT2D eigenvalue weighted by Gasteiger charge is 2.26. The molecule has 10 heteroatoms. The molecular weight excluding hydrogens is 346 g/mol. The van der Waals surface area contributed by atoms with E-state index in [1.165, 1.54) is 0 Å². The number of carbonyl (C=O) groups excluding carboxylic acids is 4. The van der Waals surface area contributed by atoms with Gasteiger partial charge in [-0.05, 0) is 41.5 Å². The topological polar surface area (TPSA) is 132 Å². The largest absolute Gasteiger partial charge is 0.444 e. The van der Waals surface area contributed by atoms with E-state index in [4.69, 9.17) is 9.47 Å². The summed E-state index contributed by atoms with van der Waals surface area (Å²) >= 11 is 0. The second-order valence-corrected chi connectivity index (χ2v) is 7.38. The zero-order chi connectivity index (χ0) is 20.5. The van der Waals surface area contributed by atoms with Gasteiger partial charge in [-0.25, -0.2) is 14.4 Å². The van der Waals surface area contributed by atoms with Crippen LogP contribution in [0.15, 0.2) is 0 Å². The summed E-state index contributed by atoms with van der Waals surface area (Å²) in [5.41, 5.74) is 0.418. The molecule has 0 rings (SSSR count). The van der Waals surface area contributed by atoms with Crippen LogP contribution in [0, 0.1) is 0 Å². The lowest BCUT2D eigenvalue weighted by Gasteiger charge is -2.24. The van der Waals surface area contributed by atoms with Crippen LogP contribution in [0.4, 0.5) is 9.59 Å². The van der Waals surface area contributed by atoms with Crippen LogP contribution in [0.3, 0.4) is 0 Å². The standard InChI is InChI=1S/C16H29N3O7/c1-8-11(20)26-19-12(21)10(18-14(23)25-16(5,6)7)9-17-13(22)24-15(2,3)4/h10H,8-9H2,1-7H3,(H,17,22)(H,18,23)(H,19,21)/t10-/m0/s1. The fourth-order valence-electron chi connectivity index (χ4n) is 1.41. The van der Waals surface area contributed by atoms with Crippen molar-refractivity contribution in [2.24, 2.45) is 0 Å². The molecule has 0 aromatic rings. The van der Waals surface area contributed by atoms with Gasteiger partial charge < -0.3 is 24.9 Å². The Kier molecular flexibility index (Phi) is 8.88. The van der Waals surface area contributed by atoms with E-state index in [-0.39, 0.29) is 13.0 Å². The van der Waals surface area contributed by atoms with Crippen molar-refractivity contribution in [1.82, 2.24) is 16.1 Å². The van der Waals surface area contributed by atoms with Gasteiger partial charge in [0.25, 0.3) is 5.91 Å². The van der Waals surface area contributed by atoms with Gasteiger partial charge >= 0.3 is 18.2 Å². The molecule has 0 saturated carbocycles. The molecule has 0 aromatic carbocycles. The Morgan fingerprint density at radius 1 is 0.885 bits per heavy atom. The summed E-state index contributed by atoms with van der Waals surface area (Å²) in [6.07, 6.45) is -1.59. The molecular formula is C16H29N3O7. The van der Waals surface area contributed by atoms with Gasteiger partial charge in [-0.1, -0.05) is 6.92 Å². The van der Waals surface area contributed by atoms with E-state index in [2.05, 4.69) is 15.5 Å². The van der Waals surface area contributed by atoms with Crippen LogP contribution in [-0.2, 0) is 23.9 Å². The number of ether oxygens (including phenoxy) is 2. The highest BCUT2D eigenvalue weighted by molar-refractivity contribution is 5.86. The first-order chi connectivity index (χ1) is 11.7. The number of rotatable bonds is 5. The van der Waals surface area contributed by atoms with Crippen molar-refractivity contribution in [3.05, 3.63) is 0 Å². The lowest BCUT2D eigenvalue weighted by Crippen LogP contribution is -2.54. The van der Waals surface area contributed by atoms with Crippen LogP contribution in [0.2, 0.25) is 0 Å². The highest BCUT2D eigenvalue weighted by atomic mass is 16.7. The maximum Gasteiger partial charge on any atom is 0.408 e. The molecule has 26 heavy (non-hydrogen) atoms. The minimum absolute atomic E-state index is 0.0562. The van der Waals surface area contributed by atoms with E-state index in [1.807, 2.05) is 5.48 Å². The van der Waals surface area contributed by atoms with Gasteiger partial charge in [-0.3, -0.25) is 4.79 Å².